The Hall–Kier alpha value is -2.62. The van der Waals surface area contributed by atoms with E-state index in [2.05, 4.69) is 10.2 Å². The van der Waals surface area contributed by atoms with Crippen molar-refractivity contribution >= 4 is 27.3 Å². The largest absolute Gasteiger partial charge is 0.483 e. The number of para-hydroxylation sites is 1. The van der Waals surface area contributed by atoms with E-state index in [9.17, 15) is 13.2 Å². The molecule has 1 amide bonds. The van der Waals surface area contributed by atoms with E-state index >= 15 is 0 Å². The second-order valence-corrected chi connectivity index (χ2v) is 9.86. The highest BCUT2D eigenvalue weighted by Gasteiger charge is 2.27. The van der Waals surface area contributed by atoms with Crippen LogP contribution in [0.1, 0.15) is 25.0 Å². The van der Waals surface area contributed by atoms with Gasteiger partial charge in [0, 0.05) is 26.2 Å². The molecule has 2 aromatic carbocycles. The van der Waals surface area contributed by atoms with Gasteiger partial charge in [0.2, 0.25) is 10.0 Å². The zero-order valence-corrected chi connectivity index (χ0v) is 20.6. The van der Waals surface area contributed by atoms with Gasteiger partial charge in [-0.15, -0.1) is 0 Å². The molecular formula is C24H33N3O5S. The summed E-state index contributed by atoms with van der Waals surface area (Å²) in [5.74, 6) is 0.326. The number of carbonyl (C=O) groups is 1. The molecule has 0 aromatic heterocycles. The fraction of sp³-hybridized carbons (Fsp3) is 0.458. The number of nitrogens with one attached hydrogen (secondary N) is 1. The monoisotopic (exact) mass is 475 g/mol. The van der Waals surface area contributed by atoms with Crippen molar-refractivity contribution < 1.29 is 22.7 Å². The van der Waals surface area contributed by atoms with E-state index in [1.165, 1.54) is 10.4 Å². The first-order chi connectivity index (χ1) is 15.8. The molecule has 1 fully saturated rings. The van der Waals surface area contributed by atoms with Crippen LogP contribution in [0.2, 0.25) is 0 Å². The molecule has 2 aromatic rings. The van der Waals surface area contributed by atoms with Crippen LogP contribution in [0.15, 0.2) is 41.3 Å². The number of anilines is 2. The average Bonchev–Trinajstić information content (AvgIpc) is 2.81. The third-order valence-corrected chi connectivity index (χ3v) is 7.61. The molecule has 1 N–H and O–H groups in total. The molecule has 1 aliphatic rings. The Bertz CT molecular complexity index is 1060. The maximum Gasteiger partial charge on any atom is 0.262 e. The van der Waals surface area contributed by atoms with Crippen molar-refractivity contribution in [1.29, 1.82) is 0 Å². The number of benzene rings is 2. The number of rotatable bonds is 9. The second kappa shape index (κ2) is 11.0. The summed E-state index contributed by atoms with van der Waals surface area (Å²) in [4.78, 5) is 15.0. The van der Waals surface area contributed by atoms with Crippen LogP contribution in [0.4, 0.5) is 11.4 Å². The molecule has 1 saturated heterocycles. The number of aryl methyl sites for hydroxylation is 2. The van der Waals surface area contributed by atoms with Crippen molar-refractivity contribution in [3.63, 3.8) is 0 Å². The van der Waals surface area contributed by atoms with Gasteiger partial charge in [0.25, 0.3) is 5.91 Å². The molecule has 8 nitrogen and oxygen atoms in total. The molecule has 0 spiro atoms. The van der Waals surface area contributed by atoms with E-state index in [1.54, 1.807) is 12.1 Å². The van der Waals surface area contributed by atoms with Crippen molar-refractivity contribution in [1.82, 2.24) is 4.31 Å². The molecule has 0 unspecified atom stereocenters. The fourth-order valence-corrected chi connectivity index (χ4v) is 5.34. The van der Waals surface area contributed by atoms with Crippen LogP contribution < -0.4 is 15.0 Å². The SMILES string of the molecule is CCN(CC)c1ccc(S(=O)(=O)N2CCOCC2)cc1NC(=O)COc1c(C)cccc1C. The first-order valence-corrected chi connectivity index (χ1v) is 12.7. The first-order valence-electron chi connectivity index (χ1n) is 11.2. The zero-order valence-electron chi connectivity index (χ0n) is 19.8. The van der Waals surface area contributed by atoms with Crippen molar-refractivity contribution in [2.45, 2.75) is 32.6 Å². The van der Waals surface area contributed by atoms with E-state index in [0.717, 1.165) is 16.8 Å². The van der Waals surface area contributed by atoms with Gasteiger partial charge in [-0.2, -0.15) is 4.31 Å². The number of amides is 1. The van der Waals surface area contributed by atoms with Crippen molar-refractivity contribution in [2.75, 3.05) is 56.2 Å². The van der Waals surface area contributed by atoms with Gasteiger partial charge in [-0.25, -0.2) is 8.42 Å². The number of morpholine rings is 1. The lowest BCUT2D eigenvalue weighted by molar-refractivity contribution is -0.118. The Labute approximate surface area is 196 Å². The van der Waals surface area contributed by atoms with Crippen LogP contribution >= 0.6 is 0 Å². The highest BCUT2D eigenvalue weighted by atomic mass is 32.2. The molecule has 0 radical (unpaired) electrons. The maximum atomic E-state index is 13.2. The number of nitrogens with zero attached hydrogens (tertiary/aromatic N) is 2. The van der Waals surface area contributed by atoms with E-state index < -0.39 is 10.0 Å². The number of carbonyl (C=O) groups excluding carboxylic acids is 1. The van der Waals surface area contributed by atoms with Gasteiger partial charge < -0.3 is 19.7 Å². The highest BCUT2D eigenvalue weighted by Crippen LogP contribution is 2.31. The third kappa shape index (κ3) is 5.85. The highest BCUT2D eigenvalue weighted by molar-refractivity contribution is 7.89. The van der Waals surface area contributed by atoms with Crippen molar-refractivity contribution in [3.05, 3.63) is 47.5 Å². The molecule has 3 rings (SSSR count). The maximum absolute atomic E-state index is 13.2. The minimum atomic E-state index is -3.69. The molecular weight excluding hydrogens is 442 g/mol. The standard InChI is InChI=1S/C24H33N3O5S/c1-5-26(6-2)22-11-10-20(33(29,30)27-12-14-31-15-13-27)16-21(22)25-23(28)17-32-24-18(3)8-7-9-19(24)4/h7-11,16H,5-6,12-15,17H2,1-4H3,(H,25,28). The quantitative estimate of drug-likeness (QED) is 0.599. The van der Waals surface area contributed by atoms with Crippen LogP contribution in [0.3, 0.4) is 0 Å². The molecule has 1 aliphatic heterocycles. The summed E-state index contributed by atoms with van der Waals surface area (Å²) >= 11 is 0. The van der Waals surface area contributed by atoms with E-state index in [-0.39, 0.29) is 17.4 Å². The predicted molar refractivity (Wildman–Crippen MR) is 130 cm³/mol. The summed E-state index contributed by atoms with van der Waals surface area (Å²) in [6.07, 6.45) is 0. The van der Waals surface area contributed by atoms with E-state index in [1.807, 2.05) is 45.9 Å². The Morgan fingerprint density at radius 1 is 1.09 bits per heavy atom. The summed E-state index contributed by atoms with van der Waals surface area (Å²) in [6.45, 7) is 10.5. The summed E-state index contributed by atoms with van der Waals surface area (Å²) in [5, 5.41) is 2.87. The van der Waals surface area contributed by atoms with Crippen molar-refractivity contribution in [3.8, 4) is 5.75 Å². The Morgan fingerprint density at radius 2 is 1.73 bits per heavy atom. The Kier molecular flexibility index (Phi) is 8.34. The van der Waals surface area contributed by atoms with Crippen LogP contribution in [0.25, 0.3) is 0 Å². The minimum absolute atomic E-state index is 0.145. The van der Waals surface area contributed by atoms with E-state index in [0.29, 0.717) is 50.8 Å². The molecule has 180 valence electrons. The Morgan fingerprint density at radius 3 is 2.33 bits per heavy atom. The topological polar surface area (TPSA) is 88.2 Å². The second-order valence-electron chi connectivity index (χ2n) is 7.93. The summed E-state index contributed by atoms with van der Waals surface area (Å²) in [6, 6.07) is 10.7. The molecule has 0 aliphatic carbocycles. The summed E-state index contributed by atoms with van der Waals surface area (Å²) < 4.78 is 38.8. The molecule has 1 heterocycles. The van der Waals surface area contributed by atoms with Crippen LogP contribution in [-0.4, -0.2) is 64.6 Å². The minimum Gasteiger partial charge on any atom is -0.483 e. The lowest BCUT2D eigenvalue weighted by atomic mass is 10.1. The Balaban J connectivity index is 1.85. The van der Waals surface area contributed by atoms with Gasteiger partial charge in [-0.3, -0.25) is 4.79 Å². The third-order valence-electron chi connectivity index (χ3n) is 5.71. The number of hydrogen-bond donors (Lipinski definition) is 1. The van der Waals surface area contributed by atoms with Gasteiger partial charge in [0.15, 0.2) is 6.61 Å². The summed E-state index contributed by atoms with van der Waals surface area (Å²) in [7, 11) is -3.69. The van der Waals surface area contributed by atoms with Gasteiger partial charge >= 0.3 is 0 Å². The average molecular weight is 476 g/mol. The normalized spacial score (nSPS) is 14.7. The molecule has 0 bridgehead atoms. The molecule has 0 atom stereocenters. The number of ether oxygens (including phenoxy) is 2. The van der Waals surface area contributed by atoms with Crippen molar-refractivity contribution in [2.24, 2.45) is 0 Å². The number of sulfonamides is 1. The fourth-order valence-electron chi connectivity index (χ4n) is 3.90. The van der Waals surface area contributed by atoms with Gasteiger partial charge in [-0.05, 0) is 57.0 Å². The lowest BCUT2D eigenvalue weighted by Crippen LogP contribution is -2.40. The van der Waals surface area contributed by atoms with Crippen LogP contribution in [0.5, 0.6) is 5.75 Å². The molecule has 33 heavy (non-hydrogen) atoms. The van der Waals surface area contributed by atoms with Crippen LogP contribution in [0, 0.1) is 13.8 Å². The van der Waals surface area contributed by atoms with Gasteiger partial charge in [0.1, 0.15) is 5.75 Å². The first kappa shape index (κ1) is 25.0. The molecule has 9 heteroatoms. The summed E-state index contributed by atoms with van der Waals surface area (Å²) in [5.41, 5.74) is 3.11. The zero-order chi connectivity index (χ0) is 24.0. The van der Waals surface area contributed by atoms with Gasteiger partial charge in [-0.1, -0.05) is 18.2 Å². The van der Waals surface area contributed by atoms with Gasteiger partial charge in [0.05, 0.1) is 29.5 Å². The lowest BCUT2D eigenvalue weighted by Gasteiger charge is -2.28. The van der Waals surface area contributed by atoms with Crippen LogP contribution in [-0.2, 0) is 19.6 Å². The smallest absolute Gasteiger partial charge is 0.262 e. The number of hydrogen-bond acceptors (Lipinski definition) is 6. The van der Waals surface area contributed by atoms with E-state index in [4.69, 9.17) is 9.47 Å². The predicted octanol–water partition coefficient (Wildman–Crippen LogP) is 3.19. The molecule has 0 saturated carbocycles.